The number of nitrogens with zero attached hydrogens (tertiary/aromatic N) is 1. The van der Waals surface area contributed by atoms with Crippen molar-refractivity contribution in [2.45, 2.75) is 39.2 Å². The Hall–Kier alpha value is -2.48. The lowest BCUT2D eigenvalue weighted by molar-refractivity contribution is -0.147. The van der Waals surface area contributed by atoms with E-state index in [2.05, 4.69) is 10.6 Å². The Morgan fingerprint density at radius 1 is 1.37 bits per heavy atom. The van der Waals surface area contributed by atoms with Crippen LogP contribution >= 0.6 is 12.2 Å². The number of nitrogens with one attached hydrogen (secondary N) is 2. The molecule has 0 spiro atoms. The highest BCUT2D eigenvalue weighted by atomic mass is 32.1. The number of rotatable bonds is 6. The average molecular weight is 391 g/mol. The summed E-state index contributed by atoms with van der Waals surface area (Å²) in [6.45, 7) is 4.96. The van der Waals surface area contributed by atoms with E-state index in [-0.39, 0.29) is 23.3 Å². The molecule has 1 atom stereocenters. The van der Waals surface area contributed by atoms with E-state index in [4.69, 9.17) is 17.0 Å². The maximum Gasteiger partial charge on any atom is 0.308 e. The fraction of sp³-hybridized carbons (Fsp3) is 0.474. The molecule has 7 nitrogen and oxygen atoms in total. The molecule has 2 N–H and O–H groups in total. The summed E-state index contributed by atoms with van der Waals surface area (Å²) in [5.41, 5.74) is 1.34. The summed E-state index contributed by atoms with van der Waals surface area (Å²) in [5.74, 6) is -1.10. The van der Waals surface area contributed by atoms with Gasteiger partial charge in [0.15, 0.2) is 5.11 Å². The molecule has 0 aromatic heterocycles. The second-order valence-corrected chi connectivity index (χ2v) is 6.74. The normalized spacial score (nSPS) is 16.4. The highest BCUT2D eigenvalue weighted by Gasteiger charge is 2.34. The number of hydrogen-bond acceptors (Lipinski definition) is 5. The van der Waals surface area contributed by atoms with Crippen molar-refractivity contribution in [3.63, 3.8) is 0 Å². The summed E-state index contributed by atoms with van der Waals surface area (Å²) >= 11 is 5.34. The van der Waals surface area contributed by atoms with Crippen LogP contribution in [0.4, 0.5) is 0 Å². The summed E-state index contributed by atoms with van der Waals surface area (Å²) in [4.78, 5) is 38.3. The van der Waals surface area contributed by atoms with Crippen molar-refractivity contribution in [3.8, 4) is 0 Å². The Bertz CT molecular complexity index is 723. The van der Waals surface area contributed by atoms with Crippen LogP contribution in [0.5, 0.6) is 0 Å². The predicted molar refractivity (Wildman–Crippen MR) is 105 cm³/mol. The molecule has 146 valence electrons. The Morgan fingerprint density at radius 2 is 2.11 bits per heavy atom. The number of aryl methyl sites for hydroxylation is 1. The molecule has 0 bridgehead atoms. The molecule has 1 aromatic rings. The Kier molecular flexibility index (Phi) is 7.72. The van der Waals surface area contributed by atoms with Gasteiger partial charge in [0.2, 0.25) is 5.91 Å². The van der Waals surface area contributed by atoms with Gasteiger partial charge in [0.1, 0.15) is 6.04 Å². The molecule has 1 aliphatic rings. The van der Waals surface area contributed by atoms with E-state index in [1.54, 1.807) is 17.0 Å². The molecule has 0 aliphatic carbocycles. The number of esters is 1. The third-order valence-electron chi connectivity index (χ3n) is 4.32. The van der Waals surface area contributed by atoms with Crippen molar-refractivity contribution in [2.75, 3.05) is 19.7 Å². The minimum atomic E-state index is -0.794. The first-order valence-electron chi connectivity index (χ1n) is 9.05. The quantitative estimate of drug-likeness (QED) is 0.435. The SMILES string of the molecule is CCCCOC(=O)CC1C(=O)NCCN1C(=S)NC(=O)c1ccccc1C. The van der Waals surface area contributed by atoms with Gasteiger partial charge in [-0.1, -0.05) is 31.5 Å². The van der Waals surface area contributed by atoms with Crippen molar-refractivity contribution in [1.82, 2.24) is 15.5 Å². The Balaban J connectivity index is 2.03. The van der Waals surface area contributed by atoms with Gasteiger partial charge in [0.25, 0.3) is 5.91 Å². The van der Waals surface area contributed by atoms with E-state index in [1.807, 2.05) is 26.0 Å². The van der Waals surface area contributed by atoms with Crippen molar-refractivity contribution >= 4 is 35.1 Å². The zero-order chi connectivity index (χ0) is 19.8. The molecule has 1 saturated heterocycles. The van der Waals surface area contributed by atoms with Crippen LogP contribution in [0, 0.1) is 6.92 Å². The molecule has 1 aromatic carbocycles. The van der Waals surface area contributed by atoms with Crippen LogP contribution in [-0.4, -0.2) is 53.5 Å². The van der Waals surface area contributed by atoms with E-state index in [0.717, 1.165) is 18.4 Å². The van der Waals surface area contributed by atoms with Crippen molar-refractivity contribution < 1.29 is 19.1 Å². The largest absolute Gasteiger partial charge is 0.466 e. The van der Waals surface area contributed by atoms with Crippen molar-refractivity contribution in [1.29, 1.82) is 0 Å². The molecular formula is C19H25N3O4S. The lowest BCUT2D eigenvalue weighted by Crippen LogP contribution is -2.60. The fourth-order valence-electron chi connectivity index (χ4n) is 2.77. The van der Waals surface area contributed by atoms with Gasteiger partial charge in [-0.15, -0.1) is 0 Å². The number of carbonyl (C=O) groups excluding carboxylic acids is 3. The van der Waals surface area contributed by atoms with Gasteiger partial charge >= 0.3 is 5.97 Å². The number of unbranched alkanes of at least 4 members (excludes halogenated alkanes) is 1. The smallest absolute Gasteiger partial charge is 0.308 e. The van der Waals surface area contributed by atoms with E-state index < -0.39 is 12.0 Å². The molecule has 1 aliphatic heterocycles. The zero-order valence-corrected chi connectivity index (χ0v) is 16.4. The first kappa shape index (κ1) is 20.8. The monoisotopic (exact) mass is 391 g/mol. The number of piperazine rings is 1. The summed E-state index contributed by atoms with van der Waals surface area (Å²) < 4.78 is 5.15. The predicted octanol–water partition coefficient (Wildman–Crippen LogP) is 1.54. The second-order valence-electron chi connectivity index (χ2n) is 6.35. The Morgan fingerprint density at radius 3 is 2.81 bits per heavy atom. The Labute approximate surface area is 164 Å². The number of benzene rings is 1. The minimum Gasteiger partial charge on any atom is -0.466 e. The standard InChI is InChI=1S/C19H25N3O4S/c1-3-4-11-26-16(23)12-15-18(25)20-9-10-22(15)19(27)21-17(24)14-8-6-5-7-13(14)2/h5-8,15H,3-4,9-12H2,1-2H3,(H,20,25)(H,21,24,27). The van der Waals surface area contributed by atoms with E-state index in [1.165, 1.54) is 0 Å². The number of ether oxygens (including phenoxy) is 1. The molecule has 2 rings (SSSR count). The highest BCUT2D eigenvalue weighted by molar-refractivity contribution is 7.80. The molecule has 1 fully saturated rings. The van der Waals surface area contributed by atoms with E-state index in [9.17, 15) is 14.4 Å². The molecule has 1 unspecified atom stereocenters. The van der Waals surface area contributed by atoms with Gasteiger partial charge in [-0.25, -0.2) is 0 Å². The molecule has 8 heteroatoms. The first-order chi connectivity index (χ1) is 12.9. The molecule has 1 heterocycles. The summed E-state index contributed by atoms with van der Waals surface area (Å²) in [5, 5.41) is 5.52. The molecule has 0 radical (unpaired) electrons. The lowest BCUT2D eigenvalue weighted by Gasteiger charge is -2.36. The van der Waals surface area contributed by atoms with Crippen LogP contribution in [0.3, 0.4) is 0 Å². The number of hydrogen-bond donors (Lipinski definition) is 2. The first-order valence-corrected chi connectivity index (χ1v) is 9.45. The van der Waals surface area contributed by atoms with Gasteiger partial charge in [0.05, 0.1) is 13.0 Å². The van der Waals surface area contributed by atoms with Gasteiger partial charge in [-0.2, -0.15) is 0 Å². The van der Waals surface area contributed by atoms with Gasteiger partial charge in [-0.05, 0) is 37.2 Å². The van der Waals surface area contributed by atoms with Gasteiger partial charge in [-0.3, -0.25) is 19.7 Å². The number of thiocarbonyl (C=S) groups is 1. The fourth-order valence-corrected chi connectivity index (χ4v) is 3.08. The van der Waals surface area contributed by atoms with Crippen LogP contribution in [0.15, 0.2) is 24.3 Å². The van der Waals surface area contributed by atoms with Crippen molar-refractivity contribution in [3.05, 3.63) is 35.4 Å². The van der Waals surface area contributed by atoms with Crippen LogP contribution < -0.4 is 10.6 Å². The molecule has 2 amide bonds. The van der Waals surface area contributed by atoms with Gasteiger partial charge in [0, 0.05) is 18.7 Å². The van der Waals surface area contributed by atoms with Crippen LogP contribution in [0.1, 0.15) is 42.1 Å². The van der Waals surface area contributed by atoms with Gasteiger partial charge < -0.3 is 15.0 Å². The maximum absolute atomic E-state index is 12.5. The number of amides is 2. The van der Waals surface area contributed by atoms with E-state index in [0.29, 0.717) is 25.3 Å². The second kappa shape index (κ2) is 10.0. The van der Waals surface area contributed by atoms with E-state index >= 15 is 0 Å². The number of carbonyl (C=O) groups is 3. The summed E-state index contributed by atoms with van der Waals surface area (Å²) in [6.07, 6.45) is 1.57. The van der Waals surface area contributed by atoms with Crippen LogP contribution in [0.25, 0.3) is 0 Å². The molecule has 27 heavy (non-hydrogen) atoms. The summed E-state index contributed by atoms with van der Waals surface area (Å²) in [6, 6.07) is 6.37. The third-order valence-corrected chi connectivity index (χ3v) is 4.66. The topological polar surface area (TPSA) is 87.7 Å². The highest BCUT2D eigenvalue weighted by Crippen LogP contribution is 2.12. The maximum atomic E-state index is 12.5. The molecular weight excluding hydrogens is 366 g/mol. The van der Waals surface area contributed by atoms with Crippen molar-refractivity contribution in [2.24, 2.45) is 0 Å². The minimum absolute atomic E-state index is 0.115. The van der Waals surface area contributed by atoms with Crippen LogP contribution in [-0.2, 0) is 14.3 Å². The third kappa shape index (κ3) is 5.75. The van der Waals surface area contributed by atoms with Crippen LogP contribution in [0.2, 0.25) is 0 Å². The lowest BCUT2D eigenvalue weighted by atomic mass is 10.1. The molecule has 0 saturated carbocycles. The average Bonchev–Trinajstić information content (AvgIpc) is 2.63. The zero-order valence-electron chi connectivity index (χ0n) is 15.6. The summed E-state index contributed by atoms with van der Waals surface area (Å²) in [7, 11) is 0.